The second-order valence-electron chi connectivity index (χ2n) is 7.08. The first-order valence-electron chi connectivity index (χ1n) is 9.45. The molecule has 1 amide bonds. The molecule has 2 aromatic carbocycles. The molecule has 1 aromatic heterocycles. The van der Waals surface area contributed by atoms with E-state index in [1.807, 2.05) is 43.3 Å². The molecule has 0 fully saturated rings. The van der Waals surface area contributed by atoms with E-state index in [2.05, 4.69) is 15.5 Å². The van der Waals surface area contributed by atoms with Gasteiger partial charge < -0.3 is 9.84 Å². The predicted octanol–water partition coefficient (Wildman–Crippen LogP) is 3.79. The zero-order valence-electron chi connectivity index (χ0n) is 15.6. The van der Waals surface area contributed by atoms with Crippen molar-refractivity contribution in [2.45, 2.75) is 32.1 Å². The van der Waals surface area contributed by atoms with Crippen molar-refractivity contribution in [1.82, 2.24) is 15.5 Å². The molecular formula is C22H21N3O3. The van der Waals surface area contributed by atoms with Gasteiger partial charge >= 0.3 is 0 Å². The van der Waals surface area contributed by atoms with Gasteiger partial charge in [-0.2, -0.15) is 4.98 Å². The summed E-state index contributed by atoms with van der Waals surface area (Å²) in [5, 5.41) is 6.96. The second kappa shape index (κ2) is 7.76. The van der Waals surface area contributed by atoms with Crippen LogP contribution in [-0.2, 0) is 6.42 Å². The maximum atomic E-state index is 12.2. The molecule has 6 nitrogen and oxygen atoms in total. The lowest BCUT2D eigenvalue weighted by Crippen LogP contribution is -2.27. The lowest BCUT2D eigenvalue weighted by Gasteiger charge is -2.14. The van der Waals surface area contributed by atoms with Crippen LogP contribution in [0.3, 0.4) is 0 Å². The van der Waals surface area contributed by atoms with E-state index >= 15 is 0 Å². The fraction of sp³-hybridized carbons (Fsp3) is 0.273. The Morgan fingerprint density at radius 2 is 2.00 bits per heavy atom. The van der Waals surface area contributed by atoms with Crippen molar-refractivity contribution in [3.8, 4) is 11.5 Å². The number of aromatic nitrogens is 2. The standard InChI is InChI=1S/C22H21N3O3/c1-14(13-23-21(27)15-6-3-2-4-7-15)20-24-22(28-25-20)17-10-11-18-16(12-17)8-5-9-19(18)26/h2-4,6-7,10-12,14H,5,8-9,13H2,1H3,(H,23,27). The van der Waals surface area contributed by atoms with E-state index in [0.29, 0.717) is 30.2 Å². The van der Waals surface area contributed by atoms with Gasteiger partial charge in [0.2, 0.25) is 0 Å². The Kier molecular flexibility index (Phi) is 5.02. The highest BCUT2D eigenvalue weighted by molar-refractivity contribution is 5.98. The van der Waals surface area contributed by atoms with Crippen LogP contribution in [0.5, 0.6) is 0 Å². The van der Waals surface area contributed by atoms with E-state index in [-0.39, 0.29) is 17.6 Å². The number of hydrogen-bond donors (Lipinski definition) is 1. The normalized spacial score (nSPS) is 14.4. The molecule has 0 bridgehead atoms. The third kappa shape index (κ3) is 3.71. The number of fused-ring (bicyclic) bond motifs is 1. The van der Waals surface area contributed by atoms with Crippen molar-refractivity contribution in [3.63, 3.8) is 0 Å². The summed E-state index contributed by atoms with van der Waals surface area (Å²) in [6.07, 6.45) is 2.38. The number of Topliss-reactive ketones (excluding diaryl/α,β-unsaturated/α-hetero) is 1. The fourth-order valence-corrected chi connectivity index (χ4v) is 3.36. The van der Waals surface area contributed by atoms with Crippen molar-refractivity contribution in [2.75, 3.05) is 6.54 Å². The molecule has 1 atom stereocenters. The molecule has 1 heterocycles. The van der Waals surface area contributed by atoms with Crippen LogP contribution in [0.4, 0.5) is 0 Å². The third-order valence-corrected chi connectivity index (χ3v) is 4.99. The Morgan fingerprint density at radius 3 is 2.82 bits per heavy atom. The third-order valence-electron chi connectivity index (χ3n) is 4.99. The number of ketones is 1. The molecule has 0 aliphatic heterocycles. The molecule has 28 heavy (non-hydrogen) atoms. The highest BCUT2D eigenvalue weighted by Gasteiger charge is 2.20. The van der Waals surface area contributed by atoms with Gasteiger partial charge in [-0.15, -0.1) is 0 Å². The topological polar surface area (TPSA) is 85.1 Å². The van der Waals surface area contributed by atoms with Crippen LogP contribution >= 0.6 is 0 Å². The first-order chi connectivity index (χ1) is 13.6. The summed E-state index contributed by atoms with van der Waals surface area (Å²) in [5.74, 6) is 0.941. The molecule has 0 saturated heterocycles. The molecule has 1 aliphatic rings. The first-order valence-corrected chi connectivity index (χ1v) is 9.45. The summed E-state index contributed by atoms with van der Waals surface area (Å²) in [6.45, 7) is 2.34. The number of carbonyl (C=O) groups excluding carboxylic acids is 2. The number of aryl methyl sites for hydroxylation is 1. The summed E-state index contributed by atoms with van der Waals surface area (Å²) in [4.78, 5) is 28.6. The summed E-state index contributed by atoms with van der Waals surface area (Å²) >= 11 is 0. The van der Waals surface area contributed by atoms with Crippen LogP contribution < -0.4 is 5.32 Å². The number of nitrogens with zero attached hydrogens (tertiary/aromatic N) is 2. The largest absolute Gasteiger partial charge is 0.351 e. The number of rotatable bonds is 5. The van der Waals surface area contributed by atoms with Crippen molar-refractivity contribution >= 4 is 11.7 Å². The highest BCUT2D eigenvalue weighted by atomic mass is 16.5. The van der Waals surface area contributed by atoms with E-state index in [1.54, 1.807) is 12.1 Å². The molecule has 1 aliphatic carbocycles. The maximum Gasteiger partial charge on any atom is 0.257 e. The van der Waals surface area contributed by atoms with Crippen molar-refractivity contribution in [1.29, 1.82) is 0 Å². The quantitative estimate of drug-likeness (QED) is 0.733. The minimum atomic E-state index is -0.129. The summed E-state index contributed by atoms with van der Waals surface area (Å²) in [5.41, 5.74) is 3.27. The van der Waals surface area contributed by atoms with Gasteiger partial charge in [-0.25, -0.2) is 0 Å². The van der Waals surface area contributed by atoms with Crippen molar-refractivity contribution in [3.05, 3.63) is 71.0 Å². The van der Waals surface area contributed by atoms with E-state index in [9.17, 15) is 9.59 Å². The average Bonchev–Trinajstić information content (AvgIpc) is 3.23. The lowest BCUT2D eigenvalue weighted by molar-refractivity contribution is 0.0948. The Balaban J connectivity index is 1.44. The number of nitrogens with one attached hydrogen (secondary N) is 1. The van der Waals surface area contributed by atoms with Crippen LogP contribution in [-0.4, -0.2) is 28.4 Å². The Bertz CT molecular complexity index is 1010. The van der Waals surface area contributed by atoms with E-state index < -0.39 is 0 Å². The minimum Gasteiger partial charge on any atom is -0.351 e. The molecule has 1 unspecified atom stereocenters. The summed E-state index contributed by atoms with van der Waals surface area (Å²) < 4.78 is 5.42. The maximum absolute atomic E-state index is 12.2. The fourth-order valence-electron chi connectivity index (χ4n) is 3.36. The van der Waals surface area contributed by atoms with Gasteiger partial charge in [-0.05, 0) is 42.7 Å². The molecule has 0 saturated carbocycles. The van der Waals surface area contributed by atoms with Gasteiger partial charge in [-0.1, -0.05) is 36.3 Å². The van der Waals surface area contributed by atoms with Crippen molar-refractivity contribution in [2.24, 2.45) is 0 Å². The molecule has 0 radical (unpaired) electrons. The Morgan fingerprint density at radius 1 is 1.18 bits per heavy atom. The van der Waals surface area contributed by atoms with Gasteiger partial charge in [0.15, 0.2) is 11.6 Å². The van der Waals surface area contributed by atoms with E-state index in [0.717, 1.165) is 29.5 Å². The minimum absolute atomic E-state index is 0.0932. The highest BCUT2D eigenvalue weighted by Crippen LogP contribution is 2.27. The van der Waals surface area contributed by atoms with E-state index in [1.165, 1.54) is 0 Å². The molecule has 6 heteroatoms. The SMILES string of the molecule is CC(CNC(=O)c1ccccc1)c1noc(-c2ccc3c(c2)CCCC3=O)n1. The number of benzene rings is 2. The molecule has 1 N–H and O–H groups in total. The summed E-state index contributed by atoms with van der Waals surface area (Å²) in [7, 11) is 0. The molecular weight excluding hydrogens is 354 g/mol. The van der Waals surface area contributed by atoms with Gasteiger partial charge in [0.1, 0.15) is 0 Å². The van der Waals surface area contributed by atoms with Crippen LogP contribution in [0, 0.1) is 0 Å². The van der Waals surface area contributed by atoms with Gasteiger partial charge in [0, 0.05) is 35.6 Å². The van der Waals surface area contributed by atoms with Crippen molar-refractivity contribution < 1.29 is 14.1 Å². The number of carbonyl (C=O) groups is 2. The van der Waals surface area contributed by atoms with Gasteiger partial charge in [0.25, 0.3) is 11.8 Å². The smallest absolute Gasteiger partial charge is 0.257 e. The zero-order valence-corrected chi connectivity index (χ0v) is 15.6. The molecule has 3 aromatic rings. The number of hydrogen-bond acceptors (Lipinski definition) is 5. The van der Waals surface area contributed by atoms with Crippen LogP contribution in [0.1, 0.15) is 57.8 Å². The van der Waals surface area contributed by atoms with Gasteiger partial charge in [0.05, 0.1) is 0 Å². The summed E-state index contributed by atoms with van der Waals surface area (Å²) in [6, 6.07) is 14.7. The lowest BCUT2D eigenvalue weighted by atomic mass is 9.89. The second-order valence-corrected chi connectivity index (χ2v) is 7.08. The molecule has 142 valence electrons. The van der Waals surface area contributed by atoms with Gasteiger partial charge in [-0.3, -0.25) is 9.59 Å². The predicted molar refractivity (Wildman–Crippen MR) is 104 cm³/mol. The first kappa shape index (κ1) is 18.1. The zero-order chi connectivity index (χ0) is 19.5. The average molecular weight is 375 g/mol. The van der Waals surface area contributed by atoms with Crippen LogP contribution in [0.15, 0.2) is 53.1 Å². The monoisotopic (exact) mass is 375 g/mol. The van der Waals surface area contributed by atoms with Crippen LogP contribution in [0.25, 0.3) is 11.5 Å². The Hall–Kier alpha value is -3.28. The molecule has 4 rings (SSSR count). The number of amides is 1. The van der Waals surface area contributed by atoms with Crippen LogP contribution in [0.2, 0.25) is 0 Å². The van der Waals surface area contributed by atoms with E-state index in [4.69, 9.17) is 4.52 Å². The molecule has 0 spiro atoms. The Labute approximate surface area is 163 Å².